The van der Waals surface area contributed by atoms with Gasteiger partial charge in [0.1, 0.15) is 6.61 Å². The van der Waals surface area contributed by atoms with Gasteiger partial charge in [0.15, 0.2) is 6.29 Å². The third-order valence-electron chi connectivity index (χ3n) is 5.09. The number of likely N-dealkylation sites (tertiary alicyclic amines) is 1. The first kappa shape index (κ1) is 19.9. The van der Waals surface area contributed by atoms with Gasteiger partial charge in [-0.2, -0.15) is 0 Å². The molecule has 1 aromatic rings. The third-order valence-corrected chi connectivity index (χ3v) is 5.09. The summed E-state index contributed by atoms with van der Waals surface area (Å²) in [7, 11) is 0. The summed E-state index contributed by atoms with van der Waals surface area (Å²) >= 11 is 0. The molecule has 0 saturated carbocycles. The fraction of sp³-hybridized carbons (Fsp3) is 0.591. The maximum atomic E-state index is 12.0. The number of allylic oxidation sites excluding steroid dienone is 1. The molecule has 2 fully saturated rings. The van der Waals surface area contributed by atoms with E-state index in [4.69, 9.17) is 14.2 Å². The van der Waals surface area contributed by atoms with E-state index < -0.39 is 0 Å². The van der Waals surface area contributed by atoms with Crippen molar-refractivity contribution in [1.82, 2.24) is 4.90 Å². The normalized spacial score (nSPS) is 18.7. The van der Waals surface area contributed by atoms with Gasteiger partial charge in [-0.15, -0.1) is 0 Å². The Hall–Kier alpha value is -1.85. The average Bonchev–Trinajstić information content (AvgIpc) is 2.67. The largest absolute Gasteiger partial charge is 0.445 e. The molecule has 0 spiro atoms. The van der Waals surface area contributed by atoms with Crippen LogP contribution in [-0.4, -0.2) is 43.6 Å². The summed E-state index contributed by atoms with van der Waals surface area (Å²) in [5.41, 5.74) is 2.34. The van der Waals surface area contributed by atoms with Gasteiger partial charge in [-0.3, -0.25) is 0 Å². The zero-order valence-corrected chi connectivity index (χ0v) is 16.3. The standard InChI is InChI=1S/C22H31NO4/c1-18(7-5-10-21-25-13-6-14-26-21)11-12-20-15-23(16-20)22(24)27-17-19-8-3-2-4-9-19/h2-4,8-9,12,18,21H,5-7,10-11,13-17H2,1H3. The molecule has 2 aliphatic rings. The highest BCUT2D eigenvalue weighted by Gasteiger charge is 2.26. The van der Waals surface area contributed by atoms with E-state index in [9.17, 15) is 4.79 Å². The molecule has 27 heavy (non-hydrogen) atoms. The minimum Gasteiger partial charge on any atom is -0.445 e. The highest BCUT2D eigenvalue weighted by atomic mass is 16.7. The van der Waals surface area contributed by atoms with Crippen molar-refractivity contribution in [3.63, 3.8) is 0 Å². The summed E-state index contributed by atoms with van der Waals surface area (Å²) < 4.78 is 16.5. The molecule has 1 aromatic carbocycles. The predicted octanol–water partition coefficient (Wildman–Crippen LogP) is 4.52. The van der Waals surface area contributed by atoms with Crippen LogP contribution in [-0.2, 0) is 20.8 Å². The molecule has 0 radical (unpaired) electrons. The molecular weight excluding hydrogens is 342 g/mol. The minimum atomic E-state index is -0.225. The van der Waals surface area contributed by atoms with Gasteiger partial charge in [-0.1, -0.05) is 49.8 Å². The molecule has 5 nitrogen and oxygen atoms in total. The Morgan fingerprint density at radius 3 is 2.74 bits per heavy atom. The summed E-state index contributed by atoms with van der Waals surface area (Å²) in [5.74, 6) is 0.639. The number of hydrogen-bond acceptors (Lipinski definition) is 4. The Bertz CT molecular complexity index is 602. The summed E-state index contributed by atoms with van der Waals surface area (Å²) in [4.78, 5) is 13.8. The van der Waals surface area contributed by atoms with Gasteiger partial charge in [0.05, 0.1) is 13.2 Å². The number of carbonyl (C=O) groups is 1. The molecule has 0 aliphatic carbocycles. The Morgan fingerprint density at radius 2 is 2.00 bits per heavy atom. The van der Waals surface area contributed by atoms with Crippen molar-refractivity contribution in [3.8, 4) is 0 Å². The molecule has 0 N–H and O–H groups in total. The van der Waals surface area contributed by atoms with Crippen LogP contribution in [0.3, 0.4) is 0 Å². The second kappa shape index (κ2) is 10.5. The number of hydrogen-bond donors (Lipinski definition) is 0. The number of ether oxygens (including phenoxy) is 3. The first-order valence-corrected chi connectivity index (χ1v) is 10.1. The molecule has 148 valence electrons. The van der Waals surface area contributed by atoms with Crippen LogP contribution in [0.15, 0.2) is 42.0 Å². The molecule has 1 unspecified atom stereocenters. The molecule has 1 atom stereocenters. The van der Waals surface area contributed by atoms with Crippen molar-refractivity contribution in [1.29, 1.82) is 0 Å². The first-order chi connectivity index (χ1) is 13.2. The lowest BCUT2D eigenvalue weighted by Crippen LogP contribution is -2.44. The summed E-state index contributed by atoms with van der Waals surface area (Å²) in [6.07, 6.45) is 7.44. The molecule has 2 saturated heterocycles. The van der Waals surface area contributed by atoms with Crippen LogP contribution >= 0.6 is 0 Å². The van der Waals surface area contributed by atoms with Crippen molar-refractivity contribution in [2.45, 2.75) is 51.9 Å². The van der Waals surface area contributed by atoms with E-state index in [0.717, 1.165) is 44.5 Å². The first-order valence-electron chi connectivity index (χ1n) is 10.1. The number of amides is 1. The average molecular weight is 373 g/mol. The van der Waals surface area contributed by atoms with Crippen molar-refractivity contribution in [2.75, 3.05) is 26.3 Å². The maximum Gasteiger partial charge on any atom is 0.410 e. The third kappa shape index (κ3) is 6.67. The Kier molecular flexibility index (Phi) is 7.72. The van der Waals surface area contributed by atoms with Gasteiger partial charge in [-0.25, -0.2) is 4.79 Å². The quantitative estimate of drug-likeness (QED) is 0.629. The van der Waals surface area contributed by atoms with Gasteiger partial charge < -0.3 is 19.1 Å². The van der Waals surface area contributed by atoms with Gasteiger partial charge in [0.2, 0.25) is 0 Å². The van der Waals surface area contributed by atoms with Crippen LogP contribution in [0.2, 0.25) is 0 Å². The van der Waals surface area contributed by atoms with E-state index >= 15 is 0 Å². The van der Waals surface area contributed by atoms with Gasteiger partial charge >= 0.3 is 6.09 Å². The van der Waals surface area contributed by atoms with Crippen molar-refractivity contribution in [3.05, 3.63) is 47.5 Å². The summed E-state index contributed by atoms with van der Waals surface area (Å²) in [6.45, 7) is 5.67. The van der Waals surface area contributed by atoms with E-state index in [1.165, 1.54) is 12.0 Å². The highest BCUT2D eigenvalue weighted by molar-refractivity contribution is 5.70. The molecule has 5 heteroatoms. The summed E-state index contributed by atoms with van der Waals surface area (Å²) in [6, 6.07) is 9.77. The highest BCUT2D eigenvalue weighted by Crippen LogP contribution is 2.21. The van der Waals surface area contributed by atoms with E-state index in [2.05, 4.69) is 13.0 Å². The SMILES string of the molecule is CC(CC=C1CN(C(=O)OCc2ccccc2)C1)CCCC1OCCCO1. The van der Waals surface area contributed by atoms with Crippen LogP contribution in [0.4, 0.5) is 4.79 Å². The van der Waals surface area contributed by atoms with Crippen molar-refractivity contribution in [2.24, 2.45) is 5.92 Å². The zero-order chi connectivity index (χ0) is 18.9. The summed E-state index contributed by atoms with van der Waals surface area (Å²) in [5, 5.41) is 0. The molecular formula is C22H31NO4. The zero-order valence-electron chi connectivity index (χ0n) is 16.3. The fourth-order valence-electron chi connectivity index (χ4n) is 3.33. The maximum absolute atomic E-state index is 12.0. The smallest absolute Gasteiger partial charge is 0.410 e. The van der Waals surface area contributed by atoms with Crippen molar-refractivity contribution >= 4 is 6.09 Å². The van der Waals surface area contributed by atoms with Crippen molar-refractivity contribution < 1.29 is 19.0 Å². The number of benzene rings is 1. The van der Waals surface area contributed by atoms with Crippen LogP contribution in [0.5, 0.6) is 0 Å². The topological polar surface area (TPSA) is 48.0 Å². The van der Waals surface area contributed by atoms with Gasteiger partial charge in [0, 0.05) is 13.1 Å². The minimum absolute atomic E-state index is 0.00592. The Morgan fingerprint density at radius 1 is 1.26 bits per heavy atom. The van der Waals surface area contributed by atoms with E-state index in [-0.39, 0.29) is 12.4 Å². The van der Waals surface area contributed by atoms with E-state index in [0.29, 0.717) is 25.6 Å². The van der Waals surface area contributed by atoms with Crippen LogP contribution in [0, 0.1) is 5.92 Å². The van der Waals surface area contributed by atoms with Gasteiger partial charge in [0.25, 0.3) is 0 Å². The van der Waals surface area contributed by atoms with Crippen LogP contribution in [0.1, 0.15) is 44.6 Å². The van der Waals surface area contributed by atoms with E-state index in [1.807, 2.05) is 30.3 Å². The molecule has 2 aliphatic heterocycles. The molecule has 0 aromatic heterocycles. The Labute approximate surface area is 162 Å². The lowest BCUT2D eigenvalue weighted by Gasteiger charge is -2.33. The fourth-order valence-corrected chi connectivity index (χ4v) is 3.33. The number of nitrogens with zero attached hydrogens (tertiary/aromatic N) is 1. The number of carbonyl (C=O) groups excluding carboxylic acids is 1. The lowest BCUT2D eigenvalue weighted by atomic mass is 9.97. The second-order valence-electron chi connectivity index (χ2n) is 7.56. The Balaban J connectivity index is 1.26. The lowest BCUT2D eigenvalue weighted by molar-refractivity contribution is -0.181. The predicted molar refractivity (Wildman–Crippen MR) is 104 cm³/mol. The second-order valence-corrected chi connectivity index (χ2v) is 7.56. The molecule has 0 bridgehead atoms. The number of rotatable bonds is 8. The van der Waals surface area contributed by atoms with E-state index in [1.54, 1.807) is 4.90 Å². The van der Waals surface area contributed by atoms with Gasteiger partial charge in [-0.05, 0) is 42.7 Å². The molecule has 2 heterocycles. The van der Waals surface area contributed by atoms with Crippen LogP contribution in [0.25, 0.3) is 0 Å². The van der Waals surface area contributed by atoms with Crippen LogP contribution < -0.4 is 0 Å². The molecule has 3 rings (SSSR count). The molecule has 1 amide bonds. The monoisotopic (exact) mass is 373 g/mol.